The highest BCUT2D eigenvalue weighted by molar-refractivity contribution is 14.0. The number of guanidine groups is 1. The second-order valence-electron chi connectivity index (χ2n) is 7.48. The lowest BCUT2D eigenvalue weighted by Gasteiger charge is -2.18. The molecule has 6 nitrogen and oxygen atoms in total. The van der Waals surface area contributed by atoms with Crippen molar-refractivity contribution in [1.82, 2.24) is 10.6 Å². The lowest BCUT2D eigenvalue weighted by atomic mass is 10.0. The molecule has 29 heavy (non-hydrogen) atoms. The van der Waals surface area contributed by atoms with E-state index in [1.165, 1.54) is 37.3 Å². The fourth-order valence-electron chi connectivity index (χ4n) is 3.07. The normalized spacial score (nSPS) is 15.5. The van der Waals surface area contributed by atoms with Crippen LogP contribution in [0.1, 0.15) is 44.2 Å². The van der Waals surface area contributed by atoms with Crippen molar-refractivity contribution in [3.05, 3.63) is 35.1 Å². The quantitative estimate of drug-likeness (QED) is 0.195. The van der Waals surface area contributed by atoms with Gasteiger partial charge in [0.05, 0.1) is 12.3 Å². The zero-order valence-corrected chi connectivity index (χ0v) is 20.6. The molecule has 1 aliphatic rings. The van der Waals surface area contributed by atoms with Gasteiger partial charge in [0.1, 0.15) is 5.82 Å². The molecule has 0 unspecified atom stereocenters. The Morgan fingerprint density at radius 2 is 1.97 bits per heavy atom. The van der Waals surface area contributed by atoms with E-state index in [4.69, 9.17) is 4.74 Å². The Hall–Kier alpha value is -0.940. The summed E-state index contributed by atoms with van der Waals surface area (Å²) in [5.41, 5.74) is 1.44. The Labute approximate surface area is 191 Å². The molecule has 2 rings (SSSR count). The molecule has 0 aromatic heterocycles. The summed E-state index contributed by atoms with van der Waals surface area (Å²) in [5, 5.41) is 6.57. The number of ether oxygens (including phenoxy) is 1. The van der Waals surface area contributed by atoms with Crippen molar-refractivity contribution < 1.29 is 17.5 Å². The van der Waals surface area contributed by atoms with Crippen LogP contribution < -0.4 is 10.6 Å². The molecule has 1 aliphatic carbocycles. The number of halogens is 2. The first-order chi connectivity index (χ1) is 13.3. The van der Waals surface area contributed by atoms with Crippen molar-refractivity contribution in [2.24, 2.45) is 10.4 Å². The molecule has 0 bridgehead atoms. The lowest BCUT2D eigenvalue weighted by molar-refractivity contribution is 0.128. The van der Waals surface area contributed by atoms with Crippen LogP contribution in [0.15, 0.2) is 23.2 Å². The van der Waals surface area contributed by atoms with Crippen molar-refractivity contribution in [3.63, 3.8) is 0 Å². The first-order valence-electron chi connectivity index (χ1n) is 9.82. The van der Waals surface area contributed by atoms with Gasteiger partial charge < -0.3 is 15.4 Å². The van der Waals surface area contributed by atoms with Gasteiger partial charge in [-0.2, -0.15) is 0 Å². The second kappa shape index (κ2) is 12.0. The van der Waals surface area contributed by atoms with Crippen molar-refractivity contribution >= 4 is 39.8 Å². The van der Waals surface area contributed by atoms with E-state index < -0.39 is 15.7 Å². The summed E-state index contributed by atoms with van der Waals surface area (Å²) in [4.78, 5) is 4.54. The summed E-state index contributed by atoms with van der Waals surface area (Å²) in [6.45, 7) is 7.21. The highest BCUT2D eigenvalue weighted by Crippen LogP contribution is 2.48. The average molecular weight is 541 g/mol. The molecule has 0 atom stereocenters. The number of hydrogen-bond donors (Lipinski definition) is 2. The van der Waals surface area contributed by atoms with E-state index in [2.05, 4.69) is 15.6 Å². The van der Waals surface area contributed by atoms with Gasteiger partial charge in [0.25, 0.3) is 0 Å². The predicted octanol–water partition coefficient (Wildman–Crippen LogP) is 3.25. The number of hydrogen-bond acceptors (Lipinski definition) is 4. The van der Waals surface area contributed by atoms with Crippen LogP contribution in [0.25, 0.3) is 0 Å². The minimum atomic E-state index is -3.21. The third-order valence-corrected chi connectivity index (χ3v) is 5.74. The van der Waals surface area contributed by atoms with Crippen LogP contribution >= 0.6 is 24.0 Å². The predicted molar refractivity (Wildman–Crippen MR) is 126 cm³/mol. The van der Waals surface area contributed by atoms with Gasteiger partial charge in [-0.05, 0) is 61.8 Å². The molecule has 1 saturated carbocycles. The van der Waals surface area contributed by atoms with E-state index in [0.717, 1.165) is 26.2 Å². The third-order valence-electron chi connectivity index (χ3n) is 4.91. The molecule has 0 amide bonds. The first-order valence-corrected chi connectivity index (χ1v) is 11.9. The summed E-state index contributed by atoms with van der Waals surface area (Å²) in [5.74, 6) is 0.135. The summed E-state index contributed by atoms with van der Waals surface area (Å²) >= 11 is 0. The summed E-state index contributed by atoms with van der Waals surface area (Å²) in [6.07, 6.45) is 4.55. The van der Waals surface area contributed by atoms with E-state index >= 15 is 0 Å². The van der Waals surface area contributed by atoms with Crippen LogP contribution in [0.4, 0.5) is 4.39 Å². The number of aliphatic imine (C=N–C) groups is 1. The van der Waals surface area contributed by atoms with Gasteiger partial charge in [0.2, 0.25) is 0 Å². The fraction of sp³-hybridized carbons (Fsp3) is 0.650. The molecular weight excluding hydrogens is 508 g/mol. The number of nitrogens with zero attached hydrogens (tertiary/aromatic N) is 1. The van der Waals surface area contributed by atoms with E-state index in [0.29, 0.717) is 23.6 Å². The van der Waals surface area contributed by atoms with Gasteiger partial charge in [0.15, 0.2) is 15.8 Å². The number of benzene rings is 1. The van der Waals surface area contributed by atoms with Crippen LogP contribution in [-0.4, -0.2) is 46.9 Å². The topological polar surface area (TPSA) is 79.8 Å². The second-order valence-corrected chi connectivity index (χ2v) is 9.62. The Kier molecular flexibility index (Phi) is 10.8. The van der Waals surface area contributed by atoms with Crippen LogP contribution in [0.5, 0.6) is 0 Å². The Balaban J connectivity index is 0.00000420. The van der Waals surface area contributed by atoms with Crippen LogP contribution in [0, 0.1) is 11.2 Å². The standard InChI is InChI=1S/C20H32FN3O3S.HI/c1-4-22-19(24-15-20(8-9-20)10-11-27-5-2)23-13-17-12-18(21)7-6-16(17)14-28(3,25)26;/h6-7,12H,4-5,8-11,13-15H2,1-3H3,(H2,22,23,24);1H. The molecular formula is C20H33FIN3O3S. The van der Waals surface area contributed by atoms with Crippen LogP contribution in [0.3, 0.4) is 0 Å². The van der Waals surface area contributed by atoms with Crippen LogP contribution in [-0.2, 0) is 26.9 Å². The maximum absolute atomic E-state index is 13.7. The molecule has 0 saturated heterocycles. The molecule has 0 heterocycles. The van der Waals surface area contributed by atoms with E-state index in [-0.39, 0.29) is 41.7 Å². The smallest absolute Gasteiger partial charge is 0.191 e. The van der Waals surface area contributed by atoms with E-state index in [1.54, 1.807) is 0 Å². The number of rotatable bonds is 11. The molecule has 0 spiro atoms. The maximum atomic E-state index is 13.7. The largest absolute Gasteiger partial charge is 0.382 e. The molecule has 2 N–H and O–H groups in total. The monoisotopic (exact) mass is 541 g/mol. The molecule has 1 fully saturated rings. The zero-order chi connectivity index (χ0) is 20.6. The third kappa shape index (κ3) is 9.61. The summed E-state index contributed by atoms with van der Waals surface area (Å²) in [7, 11) is -3.21. The molecule has 1 aromatic carbocycles. The van der Waals surface area contributed by atoms with Gasteiger partial charge >= 0.3 is 0 Å². The molecule has 0 radical (unpaired) electrons. The van der Waals surface area contributed by atoms with Crippen molar-refractivity contribution in [1.29, 1.82) is 0 Å². The molecule has 9 heteroatoms. The highest BCUT2D eigenvalue weighted by atomic mass is 127. The minimum absolute atomic E-state index is 0. The van der Waals surface area contributed by atoms with Gasteiger partial charge in [-0.3, -0.25) is 0 Å². The van der Waals surface area contributed by atoms with Gasteiger partial charge in [-0.25, -0.2) is 17.8 Å². The Morgan fingerprint density at radius 1 is 1.24 bits per heavy atom. The molecule has 166 valence electrons. The van der Waals surface area contributed by atoms with Crippen molar-refractivity contribution in [2.75, 3.05) is 32.6 Å². The average Bonchev–Trinajstić information content (AvgIpc) is 3.39. The maximum Gasteiger partial charge on any atom is 0.191 e. The van der Waals surface area contributed by atoms with Crippen LogP contribution in [0.2, 0.25) is 0 Å². The van der Waals surface area contributed by atoms with Gasteiger partial charge in [-0.1, -0.05) is 6.07 Å². The van der Waals surface area contributed by atoms with E-state index in [9.17, 15) is 12.8 Å². The molecule has 1 aromatic rings. The summed E-state index contributed by atoms with van der Waals surface area (Å²) < 4.78 is 42.4. The number of sulfone groups is 1. The molecule has 0 aliphatic heterocycles. The van der Waals surface area contributed by atoms with Gasteiger partial charge in [-0.15, -0.1) is 24.0 Å². The zero-order valence-electron chi connectivity index (χ0n) is 17.5. The van der Waals surface area contributed by atoms with E-state index in [1.807, 2.05) is 13.8 Å². The van der Waals surface area contributed by atoms with Crippen molar-refractivity contribution in [3.8, 4) is 0 Å². The SMILES string of the molecule is CCNC(=NCc1cc(F)ccc1CS(C)(=O)=O)NCC1(CCOCC)CC1.I. The first kappa shape index (κ1) is 26.1. The van der Waals surface area contributed by atoms with Gasteiger partial charge in [0, 0.05) is 32.6 Å². The fourth-order valence-corrected chi connectivity index (χ4v) is 3.91. The van der Waals surface area contributed by atoms with Crippen molar-refractivity contribution in [2.45, 2.75) is 45.4 Å². The number of nitrogens with one attached hydrogen (secondary N) is 2. The Bertz CT molecular complexity index is 783. The summed E-state index contributed by atoms with van der Waals surface area (Å²) in [6, 6.07) is 4.17. The highest BCUT2D eigenvalue weighted by Gasteiger charge is 2.41. The lowest BCUT2D eigenvalue weighted by Crippen LogP contribution is -2.40. The minimum Gasteiger partial charge on any atom is -0.382 e. The Morgan fingerprint density at radius 3 is 2.55 bits per heavy atom.